The molecule has 5 N–H and O–H groups in total. The molecule has 0 unspecified atom stereocenters. The Bertz CT molecular complexity index is 509. The van der Waals surface area contributed by atoms with E-state index in [0.717, 1.165) is 5.56 Å². The first kappa shape index (κ1) is 19.6. The van der Waals surface area contributed by atoms with Crippen LogP contribution in [0.5, 0.6) is 5.75 Å². The molecule has 1 aromatic rings. The van der Waals surface area contributed by atoms with Crippen LogP contribution in [0.4, 0.5) is 0 Å². The minimum absolute atomic E-state index is 0.133. The molecule has 0 bridgehead atoms. The lowest BCUT2D eigenvalue weighted by Crippen LogP contribution is -2.32. The number of ketones is 1. The van der Waals surface area contributed by atoms with Gasteiger partial charge in [0.05, 0.1) is 0 Å². The van der Waals surface area contributed by atoms with Crippen molar-refractivity contribution < 1.29 is 29.7 Å². The number of hydrogen-bond donors (Lipinski definition) is 4. The summed E-state index contributed by atoms with van der Waals surface area (Å²) in [5.74, 6) is -2.76. The fraction of sp³-hybridized carbons (Fsp3) is 0.400. The minimum Gasteiger partial charge on any atom is -0.508 e. The largest absolute Gasteiger partial charge is 0.508 e. The van der Waals surface area contributed by atoms with Crippen molar-refractivity contribution in [3.8, 4) is 5.75 Å². The zero-order valence-corrected chi connectivity index (χ0v) is 12.5. The number of carbonyl (C=O) groups is 3. The summed E-state index contributed by atoms with van der Waals surface area (Å²) in [5, 5.41) is 25.6. The van der Waals surface area contributed by atoms with E-state index >= 15 is 0 Å². The molecule has 122 valence electrons. The van der Waals surface area contributed by atoms with Gasteiger partial charge in [-0.05, 0) is 30.0 Å². The first-order valence-electron chi connectivity index (χ1n) is 6.65. The maximum absolute atomic E-state index is 10.4. The summed E-state index contributed by atoms with van der Waals surface area (Å²) in [6.07, 6.45) is 0.408. The number of nitrogens with two attached hydrogens (primary N) is 1. The molecule has 0 heterocycles. The number of carboxylic acids is 2. The molecule has 0 aromatic heterocycles. The third kappa shape index (κ3) is 8.70. The molecule has 7 heteroatoms. The fourth-order valence-corrected chi connectivity index (χ4v) is 1.43. The lowest BCUT2D eigenvalue weighted by molar-refractivity contribution is -0.149. The Balaban J connectivity index is 0.000000433. The van der Waals surface area contributed by atoms with Gasteiger partial charge in [0.15, 0.2) is 0 Å². The monoisotopic (exact) mass is 311 g/mol. The zero-order chi connectivity index (χ0) is 17.3. The summed E-state index contributed by atoms with van der Waals surface area (Å²) in [6.45, 7) is 3.61. The Kier molecular flexibility index (Phi) is 8.47. The van der Waals surface area contributed by atoms with Crippen LogP contribution in [-0.4, -0.2) is 39.1 Å². The van der Waals surface area contributed by atoms with E-state index in [9.17, 15) is 14.4 Å². The number of carbonyl (C=O) groups excluding carboxylic acids is 1. The summed E-state index contributed by atoms with van der Waals surface area (Å²) >= 11 is 0. The number of phenols is 1. The number of rotatable bonds is 6. The molecule has 0 fully saturated rings. The smallest absolute Gasteiger partial charge is 0.372 e. The highest BCUT2D eigenvalue weighted by molar-refractivity contribution is 6.32. The fourth-order valence-electron chi connectivity index (χ4n) is 1.43. The van der Waals surface area contributed by atoms with Crippen LogP contribution < -0.4 is 5.73 Å². The van der Waals surface area contributed by atoms with Crippen molar-refractivity contribution in [3.05, 3.63) is 29.8 Å². The van der Waals surface area contributed by atoms with Crippen molar-refractivity contribution in [2.45, 2.75) is 32.7 Å². The van der Waals surface area contributed by atoms with Gasteiger partial charge in [-0.15, -0.1) is 0 Å². The molecule has 0 aliphatic heterocycles. The highest BCUT2D eigenvalue weighted by atomic mass is 16.4. The van der Waals surface area contributed by atoms with E-state index in [1.54, 1.807) is 26.0 Å². The number of Topliss-reactive ketones (excluding diaryl/α,β-unsaturated/α-hetero) is 1. The first-order chi connectivity index (χ1) is 10.1. The third-order valence-electron chi connectivity index (χ3n) is 2.54. The Morgan fingerprint density at radius 3 is 1.91 bits per heavy atom. The predicted octanol–water partition coefficient (Wildman–Crippen LogP) is 1.03. The summed E-state index contributed by atoms with van der Waals surface area (Å²) in [4.78, 5) is 30.6. The van der Waals surface area contributed by atoms with Gasteiger partial charge >= 0.3 is 11.9 Å². The lowest BCUT2D eigenvalue weighted by Gasteiger charge is -2.05. The second-order valence-electron chi connectivity index (χ2n) is 5.14. The van der Waals surface area contributed by atoms with Crippen molar-refractivity contribution in [2.24, 2.45) is 11.7 Å². The van der Waals surface area contributed by atoms with E-state index in [1.807, 2.05) is 0 Å². The normalized spacial score (nSPS) is 11.3. The summed E-state index contributed by atoms with van der Waals surface area (Å²) in [6, 6.07) is 5.42. The SMILES string of the molecule is CC(C)CC(=O)C(=O)O.N[C@@H](Cc1ccc(O)cc1)C(=O)O. The summed E-state index contributed by atoms with van der Waals surface area (Å²) in [5.41, 5.74) is 6.12. The van der Waals surface area contributed by atoms with Crippen LogP contribution in [0.25, 0.3) is 0 Å². The van der Waals surface area contributed by atoms with E-state index in [2.05, 4.69) is 0 Å². The van der Waals surface area contributed by atoms with Crippen molar-refractivity contribution in [1.29, 1.82) is 0 Å². The third-order valence-corrected chi connectivity index (χ3v) is 2.54. The standard InChI is InChI=1S/C9H11NO3.C6H10O3/c10-8(9(12)13)5-6-1-3-7(11)4-2-6;1-4(2)3-5(7)6(8)9/h1-4,8,11H,5,10H2,(H,12,13);4H,3H2,1-2H3,(H,8,9)/t8-;/m0./s1. The number of aliphatic carboxylic acids is 2. The Morgan fingerprint density at radius 1 is 1.09 bits per heavy atom. The average molecular weight is 311 g/mol. The lowest BCUT2D eigenvalue weighted by atomic mass is 10.1. The van der Waals surface area contributed by atoms with E-state index < -0.39 is 23.8 Å². The number of phenolic OH excluding ortho intramolecular Hbond substituents is 1. The van der Waals surface area contributed by atoms with Gasteiger partial charge in [-0.25, -0.2) is 4.79 Å². The van der Waals surface area contributed by atoms with Gasteiger partial charge < -0.3 is 21.1 Å². The maximum atomic E-state index is 10.4. The van der Waals surface area contributed by atoms with Gasteiger partial charge in [-0.1, -0.05) is 26.0 Å². The van der Waals surface area contributed by atoms with Gasteiger partial charge in [-0.2, -0.15) is 0 Å². The Labute approximate surface area is 128 Å². The molecule has 0 radical (unpaired) electrons. The van der Waals surface area contributed by atoms with Crippen LogP contribution in [0.2, 0.25) is 0 Å². The van der Waals surface area contributed by atoms with Gasteiger partial charge in [0.1, 0.15) is 11.8 Å². The highest BCUT2D eigenvalue weighted by Crippen LogP contribution is 2.10. The van der Waals surface area contributed by atoms with Crippen LogP contribution in [0.1, 0.15) is 25.8 Å². The molecule has 0 amide bonds. The summed E-state index contributed by atoms with van der Waals surface area (Å²) in [7, 11) is 0. The van der Waals surface area contributed by atoms with Crippen LogP contribution in [-0.2, 0) is 20.8 Å². The van der Waals surface area contributed by atoms with Gasteiger partial charge in [-0.3, -0.25) is 9.59 Å². The van der Waals surface area contributed by atoms with Crippen LogP contribution in [0, 0.1) is 5.92 Å². The number of hydrogen-bond acceptors (Lipinski definition) is 5. The van der Waals surface area contributed by atoms with Crippen molar-refractivity contribution in [3.63, 3.8) is 0 Å². The molecule has 0 saturated carbocycles. The van der Waals surface area contributed by atoms with Crippen LogP contribution in [0.15, 0.2) is 24.3 Å². The highest BCUT2D eigenvalue weighted by Gasteiger charge is 2.12. The average Bonchev–Trinajstić information content (AvgIpc) is 2.41. The molecule has 0 aliphatic rings. The number of carboxylic acid groups (broad SMARTS) is 2. The van der Waals surface area contributed by atoms with Gasteiger partial charge in [0.2, 0.25) is 5.78 Å². The minimum atomic E-state index is -1.33. The molecule has 22 heavy (non-hydrogen) atoms. The van der Waals surface area contributed by atoms with Crippen molar-refractivity contribution in [2.75, 3.05) is 0 Å². The molecule has 7 nitrogen and oxygen atoms in total. The topological polar surface area (TPSA) is 138 Å². The molecule has 1 rings (SSSR count). The van der Waals surface area contributed by atoms with Gasteiger partial charge in [0, 0.05) is 6.42 Å². The quantitative estimate of drug-likeness (QED) is 0.575. The van der Waals surface area contributed by atoms with Crippen molar-refractivity contribution >= 4 is 17.7 Å². The molecular formula is C15H21NO6. The van der Waals surface area contributed by atoms with Gasteiger partial charge in [0.25, 0.3) is 0 Å². The maximum Gasteiger partial charge on any atom is 0.372 e. The Morgan fingerprint density at radius 2 is 1.59 bits per heavy atom. The zero-order valence-electron chi connectivity index (χ0n) is 12.5. The molecule has 0 saturated heterocycles. The summed E-state index contributed by atoms with van der Waals surface area (Å²) < 4.78 is 0. The predicted molar refractivity (Wildman–Crippen MR) is 79.5 cm³/mol. The second-order valence-corrected chi connectivity index (χ2v) is 5.14. The Hall–Kier alpha value is -2.41. The molecule has 1 aromatic carbocycles. The molecule has 1 atom stereocenters. The second kappa shape index (κ2) is 9.51. The molecule has 0 aliphatic carbocycles. The van der Waals surface area contributed by atoms with E-state index in [4.69, 9.17) is 21.1 Å². The number of benzene rings is 1. The van der Waals surface area contributed by atoms with E-state index in [0.29, 0.717) is 0 Å². The first-order valence-corrected chi connectivity index (χ1v) is 6.65. The van der Waals surface area contributed by atoms with Crippen LogP contribution >= 0.6 is 0 Å². The van der Waals surface area contributed by atoms with E-state index in [-0.39, 0.29) is 24.5 Å². The number of aromatic hydroxyl groups is 1. The van der Waals surface area contributed by atoms with Crippen molar-refractivity contribution in [1.82, 2.24) is 0 Å². The van der Waals surface area contributed by atoms with Crippen LogP contribution in [0.3, 0.4) is 0 Å². The molecule has 0 spiro atoms. The molecular weight excluding hydrogens is 290 g/mol. The van der Waals surface area contributed by atoms with E-state index in [1.165, 1.54) is 12.1 Å².